The quantitative estimate of drug-likeness (QED) is 0.818. The Hall–Kier alpha value is -1.35. The van der Waals surface area contributed by atoms with Crippen molar-refractivity contribution in [2.24, 2.45) is 5.73 Å². The molecule has 94 valence electrons. The zero-order chi connectivity index (χ0) is 13.1. The van der Waals surface area contributed by atoms with Gasteiger partial charge in [-0.15, -0.1) is 0 Å². The van der Waals surface area contributed by atoms with Crippen LogP contribution in [0.4, 0.5) is 0 Å². The van der Waals surface area contributed by atoms with Crippen molar-refractivity contribution in [2.75, 3.05) is 6.54 Å². The Bertz CT molecular complexity index is 415. The second kappa shape index (κ2) is 5.32. The average Bonchev–Trinajstić information content (AvgIpc) is 2.25. The van der Waals surface area contributed by atoms with Crippen molar-refractivity contribution >= 4 is 5.91 Å². The molecule has 0 aliphatic carbocycles. The molecule has 0 aliphatic rings. The number of rotatable bonds is 5. The van der Waals surface area contributed by atoms with Crippen LogP contribution in [0.1, 0.15) is 37.0 Å². The molecule has 0 radical (unpaired) electrons. The zero-order valence-electron chi connectivity index (χ0n) is 11.1. The van der Waals surface area contributed by atoms with E-state index >= 15 is 0 Å². The molecule has 1 amide bonds. The van der Waals surface area contributed by atoms with Crippen LogP contribution in [-0.4, -0.2) is 12.5 Å². The van der Waals surface area contributed by atoms with Gasteiger partial charge in [-0.1, -0.05) is 30.7 Å². The molecule has 1 rings (SSSR count). The molecule has 1 aromatic carbocycles. The van der Waals surface area contributed by atoms with Gasteiger partial charge in [-0.3, -0.25) is 10.1 Å². The molecule has 1 atom stereocenters. The Kier molecular flexibility index (Phi) is 4.29. The molecule has 0 heterocycles. The first-order valence-electron chi connectivity index (χ1n) is 6.04. The summed E-state index contributed by atoms with van der Waals surface area (Å²) in [5.41, 5.74) is 8.01. The Labute approximate surface area is 103 Å². The van der Waals surface area contributed by atoms with Crippen LogP contribution in [0.25, 0.3) is 0 Å². The smallest absolute Gasteiger partial charge is 0.242 e. The molecule has 0 aliphatic heterocycles. The number of carbonyl (C=O) groups excluding carboxylic acids is 1. The Balaban J connectivity index is 3.17. The fourth-order valence-corrected chi connectivity index (χ4v) is 2.06. The fraction of sp³-hybridized carbons (Fsp3) is 0.500. The summed E-state index contributed by atoms with van der Waals surface area (Å²) in [5.74, 6) is -0.335. The third kappa shape index (κ3) is 2.86. The molecule has 3 nitrogen and oxygen atoms in total. The van der Waals surface area contributed by atoms with E-state index in [1.165, 1.54) is 5.56 Å². The van der Waals surface area contributed by atoms with Crippen LogP contribution in [-0.2, 0) is 10.3 Å². The van der Waals surface area contributed by atoms with Gasteiger partial charge in [0.2, 0.25) is 5.91 Å². The molecule has 0 saturated carbocycles. The van der Waals surface area contributed by atoms with E-state index in [2.05, 4.69) is 18.3 Å². The summed E-state index contributed by atoms with van der Waals surface area (Å²) in [7, 11) is 0. The summed E-state index contributed by atoms with van der Waals surface area (Å²) in [5, 5.41) is 3.25. The normalized spacial score (nSPS) is 14.4. The third-order valence-corrected chi connectivity index (χ3v) is 3.14. The van der Waals surface area contributed by atoms with Crippen LogP contribution in [0.2, 0.25) is 0 Å². The van der Waals surface area contributed by atoms with E-state index in [9.17, 15) is 4.79 Å². The lowest BCUT2D eigenvalue weighted by Gasteiger charge is -2.29. The lowest BCUT2D eigenvalue weighted by molar-refractivity contribution is -0.124. The maximum absolute atomic E-state index is 11.7. The molecule has 0 fully saturated rings. The van der Waals surface area contributed by atoms with Crippen molar-refractivity contribution in [3.8, 4) is 0 Å². The van der Waals surface area contributed by atoms with Crippen LogP contribution in [0.15, 0.2) is 18.2 Å². The highest BCUT2D eigenvalue weighted by Crippen LogP contribution is 2.24. The average molecular weight is 234 g/mol. The molecule has 0 bridgehead atoms. The van der Waals surface area contributed by atoms with Gasteiger partial charge < -0.3 is 5.73 Å². The second-order valence-electron chi connectivity index (χ2n) is 4.73. The highest BCUT2D eigenvalue weighted by atomic mass is 16.1. The van der Waals surface area contributed by atoms with Crippen molar-refractivity contribution in [3.05, 3.63) is 34.9 Å². The molecular weight excluding hydrogens is 212 g/mol. The molecular formula is C14H22N2O. The minimum absolute atomic E-state index is 0.335. The third-order valence-electron chi connectivity index (χ3n) is 3.14. The van der Waals surface area contributed by atoms with Crippen molar-refractivity contribution in [3.63, 3.8) is 0 Å². The van der Waals surface area contributed by atoms with Crippen molar-refractivity contribution < 1.29 is 4.79 Å². The van der Waals surface area contributed by atoms with E-state index in [1.54, 1.807) is 0 Å². The predicted molar refractivity (Wildman–Crippen MR) is 70.8 cm³/mol. The molecule has 3 N–H and O–H groups in total. The van der Waals surface area contributed by atoms with Crippen LogP contribution in [0.3, 0.4) is 0 Å². The maximum Gasteiger partial charge on any atom is 0.242 e. The van der Waals surface area contributed by atoms with Gasteiger partial charge in [-0.25, -0.2) is 0 Å². The van der Waals surface area contributed by atoms with Crippen LogP contribution in [0, 0.1) is 13.8 Å². The number of hydrogen-bond donors (Lipinski definition) is 2. The van der Waals surface area contributed by atoms with Crippen LogP contribution >= 0.6 is 0 Å². The van der Waals surface area contributed by atoms with Gasteiger partial charge in [0.05, 0.1) is 0 Å². The number of carbonyl (C=O) groups is 1. The number of aryl methyl sites for hydroxylation is 2. The Morgan fingerprint density at radius 1 is 1.41 bits per heavy atom. The summed E-state index contributed by atoms with van der Waals surface area (Å²) < 4.78 is 0. The SMILES string of the molecule is CCCNC(C)(C(N)=O)c1ccc(C)cc1C. The van der Waals surface area contributed by atoms with E-state index in [0.29, 0.717) is 0 Å². The summed E-state index contributed by atoms with van der Waals surface area (Å²) in [4.78, 5) is 11.7. The van der Waals surface area contributed by atoms with Gasteiger partial charge in [0.1, 0.15) is 5.54 Å². The number of hydrogen-bond acceptors (Lipinski definition) is 2. The Morgan fingerprint density at radius 3 is 2.53 bits per heavy atom. The number of nitrogens with one attached hydrogen (secondary N) is 1. The van der Waals surface area contributed by atoms with Gasteiger partial charge >= 0.3 is 0 Å². The van der Waals surface area contributed by atoms with E-state index in [-0.39, 0.29) is 5.91 Å². The van der Waals surface area contributed by atoms with E-state index in [1.807, 2.05) is 32.9 Å². The number of benzene rings is 1. The first-order valence-corrected chi connectivity index (χ1v) is 6.04. The van der Waals surface area contributed by atoms with Crippen molar-refractivity contribution in [1.29, 1.82) is 0 Å². The fourth-order valence-electron chi connectivity index (χ4n) is 2.06. The Morgan fingerprint density at radius 2 is 2.06 bits per heavy atom. The molecule has 1 unspecified atom stereocenters. The van der Waals surface area contributed by atoms with Gasteiger partial charge in [-0.05, 0) is 44.9 Å². The molecule has 0 saturated heterocycles. The van der Waals surface area contributed by atoms with Crippen LogP contribution in [0.5, 0.6) is 0 Å². The summed E-state index contributed by atoms with van der Waals surface area (Å²) >= 11 is 0. The first kappa shape index (κ1) is 13.7. The summed E-state index contributed by atoms with van der Waals surface area (Å²) in [6, 6.07) is 6.07. The predicted octanol–water partition coefficient (Wildman–Crippen LogP) is 2.00. The van der Waals surface area contributed by atoms with Crippen LogP contribution < -0.4 is 11.1 Å². The van der Waals surface area contributed by atoms with E-state index in [0.717, 1.165) is 24.1 Å². The van der Waals surface area contributed by atoms with Gasteiger partial charge in [0.25, 0.3) is 0 Å². The summed E-state index contributed by atoms with van der Waals surface area (Å²) in [6.45, 7) is 8.74. The minimum Gasteiger partial charge on any atom is -0.368 e. The molecule has 17 heavy (non-hydrogen) atoms. The molecule has 3 heteroatoms. The standard InChI is InChI=1S/C14H22N2O/c1-5-8-16-14(4,13(15)17)12-7-6-10(2)9-11(12)3/h6-7,9,16H,5,8H2,1-4H3,(H2,15,17). The number of nitrogens with two attached hydrogens (primary N) is 1. The van der Waals surface area contributed by atoms with Gasteiger partial charge in [0, 0.05) is 0 Å². The van der Waals surface area contributed by atoms with Gasteiger partial charge in [0.15, 0.2) is 0 Å². The summed E-state index contributed by atoms with van der Waals surface area (Å²) in [6.07, 6.45) is 0.966. The van der Waals surface area contributed by atoms with Crippen molar-refractivity contribution in [1.82, 2.24) is 5.32 Å². The second-order valence-corrected chi connectivity index (χ2v) is 4.73. The number of amides is 1. The largest absolute Gasteiger partial charge is 0.368 e. The maximum atomic E-state index is 11.7. The topological polar surface area (TPSA) is 55.1 Å². The highest BCUT2D eigenvalue weighted by molar-refractivity contribution is 5.86. The lowest BCUT2D eigenvalue weighted by Crippen LogP contribution is -2.51. The zero-order valence-corrected chi connectivity index (χ0v) is 11.1. The first-order chi connectivity index (χ1) is 7.91. The molecule has 1 aromatic rings. The minimum atomic E-state index is -0.784. The lowest BCUT2D eigenvalue weighted by atomic mass is 9.87. The van der Waals surface area contributed by atoms with E-state index < -0.39 is 5.54 Å². The molecule has 0 spiro atoms. The van der Waals surface area contributed by atoms with E-state index in [4.69, 9.17) is 5.73 Å². The molecule has 0 aromatic heterocycles. The highest BCUT2D eigenvalue weighted by Gasteiger charge is 2.33. The van der Waals surface area contributed by atoms with Crippen molar-refractivity contribution in [2.45, 2.75) is 39.7 Å². The number of primary amides is 1. The van der Waals surface area contributed by atoms with Gasteiger partial charge in [-0.2, -0.15) is 0 Å². The monoisotopic (exact) mass is 234 g/mol.